The Kier molecular flexibility index (Phi) is 5.54. The van der Waals surface area contributed by atoms with E-state index in [1.54, 1.807) is 6.07 Å². The van der Waals surface area contributed by atoms with Gasteiger partial charge in [-0.1, -0.05) is 12.1 Å². The van der Waals surface area contributed by atoms with Gasteiger partial charge in [0.25, 0.3) is 5.91 Å². The van der Waals surface area contributed by atoms with Crippen LogP contribution in [0.2, 0.25) is 0 Å². The number of carbonyl (C=O) groups excluding carboxylic acids is 2. The summed E-state index contributed by atoms with van der Waals surface area (Å²) >= 11 is 1.44. The van der Waals surface area contributed by atoms with E-state index in [0.29, 0.717) is 12.1 Å². The Balaban J connectivity index is 1.67. The van der Waals surface area contributed by atoms with E-state index in [9.17, 15) is 22.8 Å². The van der Waals surface area contributed by atoms with Crippen LogP contribution >= 0.6 is 11.3 Å². The monoisotopic (exact) mass is 449 g/mol. The van der Waals surface area contributed by atoms with Crippen molar-refractivity contribution in [1.82, 2.24) is 20.4 Å². The Morgan fingerprint density at radius 3 is 2.74 bits per heavy atom. The van der Waals surface area contributed by atoms with Crippen LogP contribution in [0.25, 0.3) is 10.6 Å². The first kappa shape index (κ1) is 21.1. The van der Waals surface area contributed by atoms with Crippen molar-refractivity contribution in [3.05, 3.63) is 59.0 Å². The van der Waals surface area contributed by atoms with Crippen LogP contribution in [0.4, 0.5) is 19.0 Å². The number of anilines is 1. The lowest BCUT2D eigenvalue weighted by molar-refractivity contribution is -0.137. The Hall–Kier alpha value is -3.18. The van der Waals surface area contributed by atoms with E-state index >= 15 is 0 Å². The van der Waals surface area contributed by atoms with E-state index < -0.39 is 23.9 Å². The summed E-state index contributed by atoms with van der Waals surface area (Å²) in [6, 6.07) is 9.36. The van der Waals surface area contributed by atoms with Crippen LogP contribution < -0.4 is 16.0 Å². The van der Waals surface area contributed by atoms with Crippen molar-refractivity contribution in [1.29, 1.82) is 0 Å². The zero-order valence-electron chi connectivity index (χ0n) is 16.2. The summed E-state index contributed by atoms with van der Waals surface area (Å²) in [7, 11) is 0. The lowest BCUT2D eigenvalue weighted by atomic mass is 10.1. The molecule has 4 rings (SSSR count). The second kappa shape index (κ2) is 8.16. The number of carbonyl (C=O) groups is 2. The first-order valence-corrected chi connectivity index (χ1v) is 10.3. The molecule has 0 spiro atoms. The quantitative estimate of drug-likeness (QED) is 0.565. The topological polar surface area (TPSA) is 88.1 Å². The molecule has 1 aliphatic rings. The van der Waals surface area contributed by atoms with Crippen molar-refractivity contribution in [3.63, 3.8) is 0 Å². The third-order valence-electron chi connectivity index (χ3n) is 4.68. The number of hydrogen-bond acceptors (Lipinski definition) is 5. The highest BCUT2D eigenvalue weighted by Gasteiger charge is 2.31. The molecule has 162 valence electrons. The molecule has 31 heavy (non-hydrogen) atoms. The number of nitrogens with zero attached hydrogens (tertiary/aromatic N) is 2. The molecular weight excluding hydrogens is 431 g/mol. The lowest BCUT2D eigenvalue weighted by Crippen LogP contribution is -2.52. The summed E-state index contributed by atoms with van der Waals surface area (Å²) in [6.07, 6.45) is -4.99. The fourth-order valence-corrected chi connectivity index (χ4v) is 3.93. The van der Waals surface area contributed by atoms with Gasteiger partial charge in [-0.3, -0.25) is 14.9 Å². The number of halogens is 3. The number of thiophene rings is 1. The summed E-state index contributed by atoms with van der Waals surface area (Å²) in [5.41, 5.74) is -0.499. The molecule has 3 aromatic rings. The molecule has 11 heteroatoms. The van der Waals surface area contributed by atoms with Crippen LogP contribution in [-0.2, 0) is 11.0 Å². The first-order chi connectivity index (χ1) is 14.7. The molecule has 1 fully saturated rings. The van der Waals surface area contributed by atoms with Gasteiger partial charge in [0.05, 0.1) is 10.4 Å². The third kappa shape index (κ3) is 4.62. The fourth-order valence-electron chi connectivity index (χ4n) is 3.25. The summed E-state index contributed by atoms with van der Waals surface area (Å²) in [5, 5.41) is 14.9. The van der Waals surface area contributed by atoms with Gasteiger partial charge in [-0.2, -0.15) is 18.3 Å². The number of hydrogen-bond donors (Lipinski definition) is 3. The van der Waals surface area contributed by atoms with E-state index in [2.05, 4.69) is 21.0 Å². The number of benzene rings is 1. The van der Waals surface area contributed by atoms with Crippen LogP contribution in [0.15, 0.2) is 47.8 Å². The fraction of sp³-hybridized carbons (Fsp3) is 0.250. The Morgan fingerprint density at radius 2 is 2.06 bits per heavy atom. The summed E-state index contributed by atoms with van der Waals surface area (Å²) in [6.45, 7) is 1.84. The van der Waals surface area contributed by atoms with Gasteiger partial charge in [0.15, 0.2) is 6.29 Å². The maximum absolute atomic E-state index is 13.0. The number of aromatic nitrogens is 2. The Bertz CT molecular complexity index is 1110. The highest BCUT2D eigenvalue weighted by atomic mass is 32.1. The molecule has 3 N–H and O–H groups in total. The van der Waals surface area contributed by atoms with E-state index in [1.165, 1.54) is 28.2 Å². The largest absolute Gasteiger partial charge is 0.416 e. The summed E-state index contributed by atoms with van der Waals surface area (Å²) in [4.78, 5) is 25.6. The van der Waals surface area contributed by atoms with Gasteiger partial charge in [0.2, 0.25) is 5.91 Å². The number of rotatable bonds is 4. The van der Waals surface area contributed by atoms with Crippen LogP contribution in [0.5, 0.6) is 0 Å². The summed E-state index contributed by atoms with van der Waals surface area (Å²) in [5.74, 6) is -0.669. The van der Waals surface area contributed by atoms with Crippen molar-refractivity contribution >= 4 is 29.0 Å². The summed E-state index contributed by atoms with van der Waals surface area (Å²) < 4.78 is 40.4. The molecule has 1 aliphatic heterocycles. The second-order valence-corrected chi connectivity index (χ2v) is 8.06. The molecular formula is C20H18F3N5O2S. The van der Waals surface area contributed by atoms with E-state index in [1.807, 2.05) is 24.4 Å². The van der Waals surface area contributed by atoms with Gasteiger partial charge in [-0.05, 0) is 36.6 Å². The van der Waals surface area contributed by atoms with Gasteiger partial charge >= 0.3 is 6.18 Å². The second-order valence-electron chi connectivity index (χ2n) is 7.11. The maximum Gasteiger partial charge on any atom is 0.416 e. The zero-order valence-corrected chi connectivity index (χ0v) is 17.1. The highest BCUT2D eigenvalue weighted by molar-refractivity contribution is 7.13. The smallest absolute Gasteiger partial charge is 0.322 e. The standard InChI is InChI=1S/C20H18F3N5O2S/c1-11-8-17(29)26-19(24-11)28-16(10-14(27-28)15-6-3-7-31-15)25-18(30)12-4-2-5-13(9-12)20(21,22)23/h2-7,9-11,19,24H,8H2,1H3,(H,25,30)(H,26,29). The highest BCUT2D eigenvalue weighted by Crippen LogP contribution is 2.31. The van der Waals surface area contributed by atoms with E-state index in [-0.39, 0.29) is 23.3 Å². The normalized spacial score (nSPS) is 19.2. The average Bonchev–Trinajstić information content (AvgIpc) is 3.36. The molecule has 7 nitrogen and oxygen atoms in total. The average molecular weight is 449 g/mol. The van der Waals surface area contributed by atoms with Gasteiger partial charge in [0.1, 0.15) is 11.5 Å². The van der Waals surface area contributed by atoms with Gasteiger partial charge in [0, 0.05) is 24.1 Å². The minimum absolute atomic E-state index is 0.125. The minimum atomic E-state index is -4.56. The Morgan fingerprint density at radius 1 is 1.26 bits per heavy atom. The van der Waals surface area contributed by atoms with Crippen molar-refractivity contribution in [2.24, 2.45) is 0 Å². The predicted octanol–water partition coefficient (Wildman–Crippen LogP) is 3.84. The first-order valence-electron chi connectivity index (χ1n) is 9.38. The minimum Gasteiger partial charge on any atom is -0.322 e. The lowest BCUT2D eigenvalue weighted by Gasteiger charge is -2.30. The molecule has 1 aromatic carbocycles. The SMILES string of the molecule is CC1CC(=O)NC(n2nc(-c3cccs3)cc2NC(=O)c2cccc(C(F)(F)F)c2)N1. The zero-order chi connectivity index (χ0) is 22.2. The van der Waals surface area contributed by atoms with Crippen molar-refractivity contribution < 1.29 is 22.8 Å². The van der Waals surface area contributed by atoms with Crippen LogP contribution in [0.3, 0.4) is 0 Å². The van der Waals surface area contributed by atoms with Crippen LogP contribution in [-0.4, -0.2) is 27.6 Å². The molecule has 2 amide bonds. The molecule has 2 atom stereocenters. The van der Waals surface area contributed by atoms with Gasteiger partial charge in [-0.15, -0.1) is 11.3 Å². The van der Waals surface area contributed by atoms with Crippen molar-refractivity contribution in [3.8, 4) is 10.6 Å². The van der Waals surface area contributed by atoms with Crippen LogP contribution in [0, 0.1) is 0 Å². The van der Waals surface area contributed by atoms with Gasteiger partial charge < -0.3 is 10.6 Å². The van der Waals surface area contributed by atoms with E-state index in [0.717, 1.165) is 17.0 Å². The molecule has 0 bridgehead atoms. The molecule has 0 aliphatic carbocycles. The van der Waals surface area contributed by atoms with Crippen LogP contribution in [0.1, 0.15) is 35.6 Å². The molecule has 3 heterocycles. The molecule has 0 radical (unpaired) electrons. The van der Waals surface area contributed by atoms with Gasteiger partial charge in [-0.25, -0.2) is 4.68 Å². The number of amides is 2. The Labute approximate surface area is 179 Å². The number of alkyl halides is 3. The molecule has 2 aromatic heterocycles. The van der Waals surface area contributed by atoms with E-state index in [4.69, 9.17) is 0 Å². The molecule has 1 saturated heterocycles. The van der Waals surface area contributed by atoms with Crippen molar-refractivity contribution in [2.75, 3.05) is 5.32 Å². The molecule has 2 unspecified atom stereocenters. The maximum atomic E-state index is 13.0. The third-order valence-corrected chi connectivity index (χ3v) is 5.57. The number of nitrogens with one attached hydrogen (secondary N) is 3. The molecule has 0 saturated carbocycles. The predicted molar refractivity (Wildman–Crippen MR) is 109 cm³/mol. The van der Waals surface area contributed by atoms with Crippen molar-refractivity contribution in [2.45, 2.75) is 31.9 Å².